The summed E-state index contributed by atoms with van der Waals surface area (Å²) in [5, 5.41) is 6.48. The van der Waals surface area contributed by atoms with E-state index in [9.17, 15) is 4.79 Å². The molecule has 0 spiro atoms. The fourth-order valence-corrected chi connectivity index (χ4v) is 2.82. The zero-order valence-electron chi connectivity index (χ0n) is 13.2. The predicted molar refractivity (Wildman–Crippen MR) is 87.6 cm³/mol. The molecule has 1 aliphatic heterocycles. The van der Waals surface area contributed by atoms with Crippen LogP contribution in [0.5, 0.6) is 0 Å². The van der Waals surface area contributed by atoms with Crippen molar-refractivity contribution in [2.45, 2.75) is 39.2 Å². The van der Waals surface area contributed by atoms with Crippen molar-refractivity contribution in [2.75, 3.05) is 31.5 Å². The summed E-state index contributed by atoms with van der Waals surface area (Å²) in [6, 6.07) is 8.49. The predicted octanol–water partition coefficient (Wildman–Crippen LogP) is 2.40. The van der Waals surface area contributed by atoms with Gasteiger partial charge in [0.1, 0.15) is 0 Å². The van der Waals surface area contributed by atoms with Gasteiger partial charge in [-0.05, 0) is 51.4 Å². The molecule has 116 valence electrons. The Kier molecular flexibility index (Phi) is 6.21. The average Bonchev–Trinajstić information content (AvgIpc) is 2.94. The van der Waals surface area contributed by atoms with Gasteiger partial charge in [-0.1, -0.05) is 24.6 Å². The molecule has 21 heavy (non-hydrogen) atoms. The van der Waals surface area contributed by atoms with Crippen LogP contribution in [-0.4, -0.2) is 43.0 Å². The van der Waals surface area contributed by atoms with Gasteiger partial charge in [0.15, 0.2) is 0 Å². The molecule has 0 radical (unpaired) electrons. The highest BCUT2D eigenvalue weighted by molar-refractivity contribution is 5.92. The van der Waals surface area contributed by atoms with Gasteiger partial charge in [-0.2, -0.15) is 0 Å². The number of anilines is 1. The molecule has 0 aliphatic carbocycles. The van der Waals surface area contributed by atoms with Crippen LogP contribution >= 0.6 is 0 Å². The van der Waals surface area contributed by atoms with Gasteiger partial charge in [-0.25, -0.2) is 0 Å². The molecular formula is C17H27N3O. The van der Waals surface area contributed by atoms with E-state index in [0.29, 0.717) is 12.6 Å². The highest BCUT2D eigenvalue weighted by Gasteiger charge is 2.19. The van der Waals surface area contributed by atoms with E-state index in [-0.39, 0.29) is 5.91 Å². The number of hydrogen-bond acceptors (Lipinski definition) is 3. The summed E-state index contributed by atoms with van der Waals surface area (Å²) in [6.07, 6.45) is 3.55. The first-order valence-corrected chi connectivity index (χ1v) is 7.99. The maximum Gasteiger partial charge on any atom is 0.238 e. The first-order chi connectivity index (χ1) is 10.2. The number of benzene rings is 1. The molecule has 1 fully saturated rings. The third kappa shape index (κ3) is 5.48. The molecule has 0 aromatic heterocycles. The number of carbonyl (C=O) groups excluding carboxylic acids is 1. The molecule has 1 heterocycles. The zero-order valence-corrected chi connectivity index (χ0v) is 13.2. The normalized spacial score (nSPS) is 18.1. The summed E-state index contributed by atoms with van der Waals surface area (Å²) in [5.41, 5.74) is 2.08. The number of nitrogens with one attached hydrogen (secondary N) is 2. The summed E-state index contributed by atoms with van der Waals surface area (Å²) < 4.78 is 0. The lowest BCUT2D eigenvalue weighted by Crippen LogP contribution is -2.41. The van der Waals surface area contributed by atoms with Crippen molar-refractivity contribution in [2.24, 2.45) is 0 Å². The zero-order chi connectivity index (χ0) is 15.1. The highest BCUT2D eigenvalue weighted by Crippen LogP contribution is 2.10. The molecule has 1 unspecified atom stereocenters. The number of amides is 1. The maximum absolute atomic E-state index is 12.2. The third-order valence-electron chi connectivity index (χ3n) is 3.88. The third-order valence-corrected chi connectivity index (χ3v) is 3.88. The topological polar surface area (TPSA) is 44.4 Å². The maximum atomic E-state index is 12.2. The second kappa shape index (κ2) is 8.15. The van der Waals surface area contributed by atoms with Crippen LogP contribution in [0.4, 0.5) is 5.69 Å². The van der Waals surface area contributed by atoms with Crippen LogP contribution < -0.4 is 10.6 Å². The van der Waals surface area contributed by atoms with E-state index in [1.807, 2.05) is 31.2 Å². The minimum atomic E-state index is 0.0744. The van der Waals surface area contributed by atoms with E-state index in [1.165, 1.54) is 18.4 Å². The van der Waals surface area contributed by atoms with E-state index in [1.54, 1.807) is 0 Å². The fourth-order valence-electron chi connectivity index (χ4n) is 2.82. The van der Waals surface area contributed by atoms with Crippen molar-refractivity contribution in [1.29, 1.82) is 0 Å². The monoisotopic (exact) mass is 289 g/mol. The van der Waals surface area contributed by atoms with Crippen molar-refractivity contribution >= 4 is 11.6 Å². The molecule has 2 N–H and O–H groups in total. The van der Waals surface area contributed by atoms with Crippen molar-refractivity contribution in [3.05, 3.63) is 29.8 Å². The lowest BCUT2D eigenvalue weighted by Gasteiger charge is -2.24. The van der Waals surface area contributed by atoms with Crippen molar-refractivity contribution in [3.8, 4) is 0 Å². The Morgan fingerprint density at radius 2 is 2.14 bits per heavy atom. The van der Waals surface area contributed by atoms with E-state index in [4.69, 9.17) is 0 Å². The molecular weight excluding hydrogens is 262 g/mol. The SMILES string of the molecule is CCCN(CC(=O)Nc1ccc(C)cc1)CC1CCCN1. The summed E-state index contributed by atoms with van der Waals surface area (Å²) in [5.74, 6) is 0.0744. The van der Waals surface area contributed by atoms with Crippen molar-refractivity contribution in [1.82, 2.24) is 10.2 Å². The van der Waals surface area contributed by atoms with E-state index < -0.39 is 0 Å². The minimum Gasteiger partial charge on any atom is -0.325 e. The van der Waals surface area contributed by atoms with Crippen LogP contribution in [0.25, 0.3) is 0 Å². The Balaban J connectivity index is 1.83. The molecule has 1 saturated heterocycles. The summed E-state index contributed by atoms with van der Waals surface area (Å²) >= 11 is 0. The number of hydrogen-bond donors (Lipinski definition) is 2. The quantitative estimate of drug-likeness (QED) is 0.810. The summed E-state index contributed by atoms with van der Waals surface area (Å²) in [4.78, 5) is 14.4. The number of aryl methyl sites for hydroxylation is 1. The van der Waals surface area contributed by atoms with Gasteiger partial charge in [0.2, 0.25) is 5.91 Å². The Hall–Kier alpha value is -1.39. The lowest BCUT2D eigenvalue weighted by molar-refractivity contribution is -0.117. The van der Waals surface area contributed by atoms with Crippen molar-refractivity contribution in [3.63, 3.8) is 0 Å². The van der Waals surface area contributed by atoms with Gasteiger partial charge in [0, 0.05) is 18.3 Å². The van der Waals surface area contributed by atoms with Crippen LogP contribution in [0.2, 0.25) is 0 Å². The summed E-state index contributed by atoms with van der Waals surface area (Å²) in [6.45, 7) is 7.73. The molecule has 0 bridgehead atoms. The lowest BCUT2D eigenvalue weighted by atomic mass is 10.2. The second-order valence-electron chi connectivity index (χ2n) is 5.94. The molecule has 1 amide bonds. The highest BCUT2D eigenvalue weighted by atomic mass is 16.2. The van der Waals surface area contributed by atoms with Gasteiger partial charge in [-0.3, -0.25) is 9.69 Å². The number of rotatable bonds is 7. The van der Waals surface area contributed by atoms with Crippen LogP contribution in [0.15, 0.2) is 24.3 Å². The van der Waals surface area contributed by atoms with E-state index >= 15 is 0 Å². The Labute approximate surface area is 127 Å². The second-order valence-corrected chi connectivity index (χ2v) is 5.94. The first kappa shape index (κ1) is 16.0. The minimum absolute atomic E-state index is 0.0744. The average molecular weight is 289 g/mol. The molecule has 1 atom stereocenters. The summed E-state index contributed by atoms with van der Waals surface area (Å²) in [7, 11) is 0. The van der Waals surface area contributed by atoms with Gasteiger partial charge in [0.25, 0.3) is 0 Å². The molecule has 4 nitrogen and oxygen atoms in total. The largest absolute Gasteiger partial charge is 0.325 e. The smallest absolute Gasteiger partial charge is 0.238 e. The first-order valence-electron chi connectivity index (χ1n) is 7.99. The van der Waals surface area contributed by atoms with Gasteiger partial charge < -0.3 is 10.6 Å². The Bertz CT molecular complexity index is 438. The van der Waals surface area contributed by atoms with Crippen LogP contribution in [0.1, 0.15) is 31.7 Å². The number of nitrogens with zero attached hydrogens (tertiary/aromatic N) is 1. The molecule has 1 aromatic rings. The standard InChI is InChI=1S/C17H27N3O/c1-3-11-20(12-16-5-4-10-18-16)13-17(21)19-15-8-6-14(2)7-9-15/h6-9,16,18H,3-5,10-13H2,1-2H3,(H,19,21). The van der Waals surface area contributed by atoms with E-state index in [0.717, 1.165) is 31.7 Å². The molecule has 0 saturated carbocycles. The van der Waals surface area contributed by atoms with Gasteiger partial charge in [-0.15, -0.1) is 0 Å². The Morgan fingerprint density at radius 1 is 1.38 bits per heavy atom. The van der Waals surface area contributed by atoms with Gasteiger partial charge >= 0.3 is 0 Å². The molecule has 4 heteroatoms. The molecule has 2 rings (SSSR count). The van der Waals surface area contributed by atoms with Crippen molar-refractivity contribution < 1.29 is 4.79 Å². The molecule has 1 aliphatic rings. The molecule has 1 aromatic carbocycles. The van der Waals surface area contributed by atoms with Crippen LogP contribution in [-0.2, 0) is 4.79 Å². The fraction of sp³-hybridized carbons (Fsp3) is 0.588. The van der Waals surface area contributed by atoms with E-state index in [2.05, 4.69) is 22.5 Å². The number of carbonyl (C=O) groups is 1. The van der Waals surface area contributed by atoms with Gasteiger partial charge in [0.05, 0.1) is 6.54 Å². The Morgan fingerprint density at radius 3 is 2.76 bits per heavy atom. The van der Waals surface area contributed by atoms with Crippen LogP contribution in [0, 0.1) is 6.92 Å². The van der Waals surface area contributed by atoms with Crippen LogP contribution in [0.3, 0.4) is 0 Å².